The topological polar surface area (TPSA) is 75.6 Å². The lowest BCUT2D eigenvalue weighted by atomic mass is 10.1. The van der Waals surface area contributed by atoms with Crippen LogP contribution in [0.1, 0.15) is 24.8 Å². The van der Waals surface area contributed by atoms with Crippen LogP contribution in [0.25, 0.3) is 0 Å². The molecule has 0 aliphatic heterocycles. The Kier molecular flexibility index (Phi) is 4.61. The third kappa shape index (κ3) is 4.26. The van der Waals surface area contributed by atoms with Crippen LogP contribution in [-0.4, -0.2) is 30.1 Å². The summed E-state index contributed by atoms with van der Waals surface area (Å²) in [6, 6.07) is 7.04. The molecule has 1 saturated carbocycles. The molecule has 0 saturated heterocycles. The van der Waals surface area contributed by atoms with Gasteiger partial charge in [0.1, 0.15) is 5.75 Å². The zero-order valence-electron chi connectivity index (χ0n) is 11.5. The van der Waals surface area contributed by atoms with E-state index in [1.807, 2.05) is 12.1 Å². The van der Waals surface area contributed by atoms with Crippen molar-refractivity contribution in [3.8, 4) is 5.75 Å². The highest BCUT2D eigenvalue weighted by atomic mass is 16.5. The number of benzene rings is 1. The number of carboxylic acid groups (broad SMARTS) is 1. The van der Waals surface area contributed by atoms with Crippen molar-refractivity contribution in [3.05, 3.63) is 29.8 Å². The van der Waals surface area contributed by atoms with Crippen molar-refractivity contribution >= 4 is 11.9 Å². The van der Waals surface area contributed by atoms with Crippen molar-refractivity contribution < 1.29 is 19.4 Å². The van der Waals surface area contributed by atoms with Gasteiger partial charge in [0, 0.05) is 6.04 Å². The van der Waals surface area contributed by atoms with E-state index in [4.69, 9.17) is 9.84 Å². The number of nitrogens with one attached hydrogen (secondary N) is 1. The number of rotatable bonds is 7. The van der Waals surface area contributed by atoms with Gasteiger partial charge in [0.25, 0.3) is 0 Å². The minimum Gasteiger partial charge on any atom is -0.497 e. The molecule has 108 valence electrons. The number of carbonyl (C=O) groups is 2. The Bertz CT molecular complexity index is 479. The lowest BCUT2D eigenvalue weighted by Gasteiger charge is -2.16. The van der Waals surface area contributed by atoms with Gasteiger partial charge in [-0.2, -0.15) is 0 Å². The SMILES string of the molecule is COc1ccc(CC(=O)NC(CC(=O)O)C2CC2)cc1. The molecule has 5 nitrogen and oxygen atoms in total. The molecule has 1 amide bonds. The average Bonchev–Trinajstić information content (AvgIpc) is 3.22. The van der Waals surface area contributed by atoms with Gasteiger partial charge in [-0.25, -0.2) is 0 Å². The second-order valence-corrected chi connectivity index (χ2v) is 5.13. The third-order valence-corrected chi connectivity index (χ3v) is 3.46. The Morgan fingerprint density at radius 2 is 2.00 bits per heavy atom. The maximum absolute atomic E-state index is 12.0. The molecule has 1 aromatic carbocycles. The molecule has 0 aromatic heterocycles. The number of amides is 1. The van der Waals surface area contributed by atoms with Gasteiger partial charge >= 0.3 is 5.97 Å². The van der Waals surface area contributed by atoms with Crippen LogP contribution in [0.4, 0.5) is 0 Å². The zero-order valence-corrected chi connectivity index (χ0v) is 11.5. The Morgan fingerprint density at radius 1 is 1.35 bits per heavy atom. The molecule has 20 heavy (non-hydrogen) atoms. The number of hydrogen-bond acceptors (Lipinski definition) is 3. The highest BCUT2D eigenvalue weighted by molar-refractivity contribution is 5.79. The first kappa shape index (κ1) is 14.4. The fourth-order valence-electron chi connectivity index (χ4n) is 2.21. The van der Waals surface area contributed by atoms with E-state index in [0.717, 1.165) is 24.2 Å². The molecular weight excluding hydrogens is 258 g/mol. The highest BCUT2D eigenvalue weighted by Crippen LogP contribution is 2.34. The highest BCUT2D eigenvalue weighted by Gasteiger charge is 2.33. The van der Waals surface area contributed by atoms with Crippen molar-refractivity contribution in [2.24, 2.45) is 5.92 Å². The summed E-state index contributed by atoms with van der Waals surface area (Å²) in [6.07, 6.45) is 2.26. The normalized spacial score (nSPS) is 15.4. The number of carboxylic acids is 1. The Labute approximate surface area is 117 Å². The second-order valence-electron chi connectivity index (χ2n) is 5.13. The molecular formula is C15H19NO4. The lowest BCUT2D eigenvalue weighted by molar-refractivity contribution is -0.137. The molecule has 2 N–H and O–H groups in total. The number of ether oxygens (including phenoxy) is 1. The zero-order chi connectivity index (χ0) is 14.5. The monoisotopic (exact) mass is 277 g/mol. The first-order valence-corrected chi connectivity index (χ1v) is 6.72. The molecule has 1 aliphatic rings. The molecule has 1 unspecified atom stereocenters. The summed E-state index contributed by atoms with van der Waals surface area (Å²) in [5.41, 5.74) is 0.883. The van der Waals surface area contributed by atoms with Crippen LogP contribution in [0.5, 0.6) is 5.75 Å². The largest absolute Gasteiger partial charge is 0.497 e. The fourth-order valence-corrected chi connectivity index (χ4v) is 2.21. The van der Waals surface area contributed by atoms with Crippen LogP contribution in [0.3, 0.4) is 0 Å². The molecule has 1 aromatic rings. The van der Waals surface area contributed by atoms with Gasteiger partial charge in [0.2, 0.25) is 5.91 Å². The van der Waals surface area contributed by atoms with Gasteiger partial charge in [0.15, 0.2) is 0 Å². The Hall–Kier alpha value is -2.04. The third-order valence-electron chi connectivity index (χ3n) is 3.46. The van der Waals surface area contributed by atoms with E-state index in [9.17, 15) is 9.59 Å². The number of methoxy groups -OCH3 is 1. The first-order chi connectivity index (χ1) is 9.58. The van der Waals surface area contributed by atoms with Crippen molar-refractivity contribution in [3.63, 3.8) is 0 Å². The summed E-state index contributed by atoms with van der Waals surface area (Å²) in [5.74, 6) is 0.0711. The number of hydrogen-bond donors (Lipinski definition) is 2. The van der Waals surface area contributed by atoms with Crippen LogP contribution >= 0.6 is 0 Å². The van der Waals surface area contributed by atoms with E-state index < -0.39 is 5.97 Å². The quantitative estimate of drug-likeness (QED) is 0.794. The summed E-state index contributed by atoms with van der Waals surface area (Å²) in [4.78, 5) is 22.7. The average molecular weight is 277 g/mol. The molecule has 1 aliphatic carbocycles. The van der Waals surface area contributed by atoms with Crippen molar-refractivity contribution in [2.45, 2.75) is 31.7 Å². The van der Waals surface area contributed by atoms with E-state index in [1.165, 1.54) is 0 Å². The number of aliphatic carboxylic acids is 1. The molecule has 0 spiro atoms. The summed E-state index contributed by atoms with van der Waals surface area (Å²) >= 11 is 0. The van der Waals surface area contributed by atoms with E-state index >= 15 is 0 Å². The van der Waals surface area contributed by atoms with Crippen LogP contribution < -0.4 is 10.1 Å². The second kappa shape index (κ2) is 6.41. The van der Waals surface area contributed by atoms with E-state index in [2.05, 4.69) is 5.32 Å². The molecule has 1 fully saturated rings. The van der Waals surface area contributed by atoms with E-state index in [-0.39, 0.29) is 24.8 Å². The van der Waals surface area contributed by atoms with E-state index in [0.29, 0.717) is 5.92 Å². The van der Waals surface area contributed by atoms with Crippen LogP contribution in [0, 0.1) is 5.92 Å². The van der Waals surface area contributed by atoms with Gasteiger partial charge in [-0.3, -0.25) is 9.59 Å². The minimum absolute atomic E-state index is 0.000973. The molecule has 0 heterocycles. The summed E-state index contributed by atoms with van der Waals surface area (Å²) in [6.45, 7) is 0. The van der Waals surface area contributed by atoms with Crippen LogP contribution in [-0.2, 0) is 16.0 Å². The predicted octanol–water partition coefficient (Wildman–Crippen LogP) is 1.61. The Balaban J connectivity index is 1.88. The fraction of sp³-hybridized carbons (Fsp3) is 0.467. The minimum atomic E-state index is -0.869. The molecule has 1 atom stereocenters. The first-order valence-electron chi connectivity index (χ1n) is 6.72. The number of carbonyl (C=O) groups excluding carboxylic acids is 1. The van der Waals surface area contributed by atoms with E-state index in [1.54, 1.807) is 19.2 Å². The van der Waals surface area contributed by atoms with Crippen molar-refractivity contribution in [1.29, 1.82) is 0 Å². The summed E-state index contributed by atoms with van der Waals surface area (Å²) in [7, 11) is 1.59. The maximum atomic E-state index is 12.0. The van der Waals surface area contributed by atoms with Gasteiger partial charge in [-0.05, 0) is 36.5 Å². The van der Waals surface area contributed by atoms with Gasteiger partial charge in [0.05, 0.1) is 20.0 Å². The maximum Gasteiger partial charge on any atom is 0.305 e. The lowest BCUT2D eigenvalue weighted by Crippen LogP contribution is -2.38. The van der Waals surface area contributed by atoms with Gasteiger partial charge < -0.3 is 15.2 Å². The van der Waals surface area contributed by atoms with Crippen molar-refractivity contribution in [1.82, 2.24) is 5.32 Å². The van der Waals surface area contributed by atoms with Gasteiger partial charge in [-0.15, -0.1) is 0 Å². The molecule has 2 rings (SSSR count). The standard InChI is InChI=1S/C15H19NO4/c1-20-12-6-2-10(3-7-12)8-14(17)16-13(9-15(18)19)11-4-5-11/h2-3,6-7,11,13H,4-5,8-9H2,1H3,(H,16,17)(H,18,19). The van der Waals surface area contributed by atoms with Crippen LogP contribution in [0.2, 0.25) is 0 Å². The van der Waals surface area contributed by atoms with Gasteiger partial charge in [-0.1, -0.05) is 12.1 Å². The Morgan fingerprint density at radius 3 is 2.50 bits per heavy atom. The molecule has 5 heteroatoms. The smallest absolute Gasteiger partial charge is 0.305 e. The molecule has 0 bridgehead atoms. The molecule has 0 radical (unpaired) electrons. The summed E-state index contributed by atoms with van der Waals surface area (Å²) in [5, 5.41) is 11.7. The summed E-state index contributed by atoms with van der Waals surface area (Å²) < 4.78 is 5.06. The van der Waals surface area contributed by atoms with Crippen LogP contribution in [0.15, 0.2) is 24.3 Å². The van der Waals surface area contributed by atoms with Crippen molar-refractivity contribution in [2.75, 3.05) is 7.11 Å². The predicted molar refractivity (Wildman–Crippen MR) is 73.6 cm³/mol.